The molecule has 20 heavy (non-hydrogen) atoms. The maximum Gasteiger partial charge on any atom is 0.223 e. The predicted molar refractivity (Wildman–Crippen MR) is 90.3 cm³/mol. The zero-order valence-corrected chi connectivity index (χ0v) is 14.4. The quantitative estimate of drug-likeness (QED) is 0.567. The van der Waals surface area contributed by atoms with Crippen LogP contribution in [0.5, 0.6) is 5.75 Å². The summed E-state index contributed by atoms with van der Waals surface area (Å²) in [7, 11) is 1.62. The lowest BCUT2D eigenvalue weighted by Gasteiger charge is -2.36. The first-order valence-corrected chi connectivity index (χ1v) is 8.48. The smallest absolute Gasteiger partial charge is 0.223 e. The molecule has 1 aliphatic heterocycles. The predicted octanol–water partition coefficient (Wildman–Crippen LogP) is 2.82. The van der Waals surface area contributed by atoms with Crippen LogP contribution in [-0.4, -0.2) is 48.5 Å². The Morgan fingerprint density at radius 2 is 2.05 bits per heavy atom. The van der Waals surface area contributed by atoms with Crippen LogP contribution in [0.1, 0.15) is 6.42 Å². The Balaban J connectivity index is 1.98. The summed E-state index contributed by atoms with van der Waals surface area (Å²) in [5.74, 6) is 0.945. The number of carbonyl (C=O) groups is 1. The first kappa shape index (κ1) is 15.7. The van der Waals surface area contributed by atoms with E-state index in [-0.39, 0.29) is 5.91 Å². The van der Waals surface area contributed by atoms with Gasteiger partial charge in [0, 0.05) is 48.8 Å². The Labute approximate surface area is 138 Å². The molecule has 1 aliphatic rings. The van der Waals surface area contributed by atoms with Crippen LogP contribution in [-0.2, 0) is 4.79 Å². The monoisotopic (exact) mass is 408 g/mol. The van der Waals surface area contributed by atoms with Gasteiger partial charge in [-0.3, -0.25) is 4.79 Å². The van der Waals surface area contributed by atoms with E-state index < -0.39 is 0 Å². The summed E-state index contributed by atoms with van der Waals surface area (Å²) in [6, 6.07) is 5.79. The minimum Gasteiger partial charge on any atom is -0.495 e. The van der Waals surface area contributed by atoms with Crippen molar-refractivity contribution in [2.75, 3.05) is 42.6 Å². The molecule has 0 atom stereocenters. The van der Waals surface area contributed by atoms with Crippen LogP contribution in [0.15, 0.2) is 18.2 Å². The summed E-state index contributed by atoms with van der Waals surface area (Å²) in [5, 5.41) is 0.618. The lowest BCUT2D eigenvalue weighted by Crippen LogP contribution is -2.48. The molecule has 1 aromatic carbocycles. The van der Waals surface area contributed by atoms with Crippen molar-refractivity contribution < 1.29 is 9.53 Å². The van der Waals surface area contributed by atoms with Crippen molar-refractivity contribution in [2.45, 2.75) is 6.42 Å². The Kier molecular flexibility index (Phi) is 5.77. The summed E-state index contributed by atoms with van der Waals surface area (Å²) in [6.07, 6.45) is 0.634. The highest BCUT2D eigenvalue weighted by atomic mass is 127. The second kappa shape index (κ2) is 7.36. The number of nitrogens with zero attached hydrogens (tertiary/aromatic N) is 2. The summed E-state index contributed by atoms with van der Waals surface area (Å²) in [5.41, 5.74) is 1.09. The van der Waals surface area contributed by atoms with E-state index in [2.05, 4.69) is 27.5 Å². The third-order valence-electron chi connectivity index (χ3n) is 3.44. The van der Waals surface area contributed by atoms with Gasteiger partial charge in [-0.15, -0.1) is 0 Å². The van der Waals surface area contributed by atoms with Crippen molar-refractivity contribution in [1.82, 2.24) is 4.90 Å². The lowest BCUT2D eigenvalue weighted by atomic mass is 10.2. The number of amides is 1. The van der Waals surface area contributed by atoms with Crippen LogP contribution in [0.2, 0.25) is 5.02 Å². The van der Waals surface area contributed by atoms with E-state index in [0.717, 1.165) is 36.3 Å². The van der Waals surface area contributed by atoms with Gasteiger partial charge in [-0.1, -0.05) is 34.2 Å². The highest BCUT2D eigenvalue weighted by molar-refractivity contribution is 14.1. The van der Waals surface area contributed by atoms with Gasteiger partial charge in [-0.2, -0.15) is 0 Å². The van der Waals surface area contributed by atoms with E-state index in [4.69, 9.17) is 16.3 Å². The second-order valence-electron chi connectivity index (χ2n) is 4.63. The highest BCUT2D eigenvalue weighted by Crippen LogP contribution is 2.29. The van der Waals surface area contributed by atoms with E-state index >= 15 is 0 Å². The SMILES string of the molecule is COc1cc(N2CCN(C(=O)CCI)CC2)ccc1Cl. The molecule has 6 heteroatoms. The number of carbonyl (C=O) groups excluding carboxylic acids is 1. The van der Waals surface area contributed by atoms with Crippen molar-refractivity contribution >= 4 is 45.8 Å². The molecule has 0 unspecified atom stereocenters. The summed E-state index contributed by atoms with van der Waals surface area (Å²) >= 11 is 8.28. The van der Waals surface area contributed by atoms with Crippen molar-refractivity contribution in [3.63, 3.8) is 0 Å². The molecule has 2 rings (SSSR count). The molecule has 110 valence electrons. The summed E-state index contributed by atoms with van der Waals surface area (Å²) in [4.78, 5) is 16.1. The second-order valence-corrected chi connectivity index (χ2v) is 6.11. The fraction of sp³-hybridized carbons (Fsp3) is 0.500. The first-order chi connectivity index (χ1) is 9.65. The average molecular weight is 409 g/mol. The average Bonchev–Trinajstić information content (AvgIpc) is 2.48. The molecule has 0 saturated carbocycles. The Hall–Kier alpha value is -0.690. The van der Waals surface area contributed by atoms with Crippen LogP contribution in [0.4, 0.5) is 5.69 Å². The minimum atomic E-state index is 0.257. The van der Waals surface area contributed by atoms with Crippen molar-refractivity contribution in [2.24, 2.45) is 0 Å². The van der Waals surface area contributed by atoms with Gasteiger partial charge in [0.1, 0.15) is 5.75 Å². The van der Waals surface area contributed by atoms with Gasteiger partial charge in [0.2, 0.25) is 5.91 Å². The Morgan fingerprint density at radius 3 is 2.65 bits per heavy atom. The lowest BCUT2D eigenvalue weighted by molar-refractivity contribution is -0.130. The third kappa shape index (κ3) is 3.69. The number of piperazine rings is 1. The molecule has 1 heterocycles. The van der Waals surface area contributed by atoms with Gasteiger partial charge in [-0.25, -0.2) is 0 Å². The highest BCUT2D eigenvalue weighted by Gasteiger charge is 2.21. The van der Waals surface area contributed by atoms with Gasteiger partial charge in [0.25, 0.3) is 0 Å². The summed E-state index contributed by atoms with van der Waals surface area (Å²) in [6.45, 7) is 3.25. The fourth-order valence-corrected chi connectivity index (χ4v) is 2.95. The number of alkyl halides is 1. The molecule has 0 N–H and O–H groups in total. The number of rotatable bonds is 4. The molecule has 0 aliphatic carbocycles. The van der Waals surface area contributed by atoms with Gasteiger partial charge < -0.3 is 14.5 Å². The van der Waals surface area contributed by atoms with Crippen LogP contribution < -0.4 is 9.64 Å². The molecule has 1 aromatic rings. The molecule has 4 nitrogen and oxygen atoms in total. The minimum absolute atomic E-state index is 0.257. The number of hydrogen-bond acceptors (Lipinski definition) is 3. The maximum absolute atomic E-state index is 11.9. The number of hydrogen-bond donors (Lipinski definition) is 0. The summed E-state index contributed by atoms with van der Waals surface area (Å²) < 4.78 is 6.12. The number of anilines is 1. The van der Waals surface area contributed by atoms with Crippen LogP contribution in [0.25, 0.3) is 0 Å². The van der Waals surface area contributed by atoms with E-state index in [0.29, 0.717) is 17.2 Å². The topological polar surface area (TPSA) is 32.8 Å². The fourth-order valence-electron chi connectivity index (χ4n) is 2.30. The number of ether oxygens (including phenoxy) is 1. The van der Waals surface area contributed by atoms with Crippen LogP contribution in [0, 0.1) is 0 Å². The van der Waals surface area contributed by atoms with E-state index in [1.54, 1.807) is 7.11 Å². The Morgan fingerprint density at radius 1 is 1.35 bits per heavy atom. The molecule has 0 spiro atoms. The van der Waals surface area contributed by atoms with Gasteiger partial charge in [0.15, 0.2) is 0 Å². The largest absolute Gasteiger partial charge is 0.495 e. The number of methoxy groups -OCH3 is 1. The maximum atomic E-state index is 11.9. The zero-order valence-electron chi connectivity index (χ0n) is 11.4. The molecular formula is C14H18ClIN2O2. The van der Waals surface area contributed by atoms with Gasteiger partial charge >= 0.3 is 0 Å². The molecule has 1 saturated heterocycles. The molecule has 0 bridgehead atoms. The standard InChI is InChI=1S/C14H18ClIN2O2/c1-20-13-10-11(2-3-12(13)15)17-6-8-18(9-7-17)14(19)4-5-16/h2-3,10H,4-9H2,1H3. The molecule has 0 aromatic heterocycles. The zero-order chi connectivity index (χ0) is 14.5. The number of benzene rings is 1. The molecule has 1 fully saturated rings. The van der Waals surface area contributed by atoms with E-state index in [1.807, 2.05) is 23.1 Å². The van der Waals surface area contributed by atoms with Crippen molar-refractivity contribution in [1.29, 1.82) is 0 Å². The van der Waals surface area contributed by atoms with Crippen LogP contribution in [0.3, 0.4) is 0 Å². The first-order valence-electron chi connectivity index (χ1n) is 6.58. The van der Waals surface area contributed by atoms with Gasteiger partial charge in [-0.05, 0) is 12.1 Å². The van der Waals surface area contributed by atoms with E-state index in [1.165, 1.54) is 0 Å². The van der Waals surface area contributed by atoms with Crippen molar-refractivity contribution in [3.05, 3.63) is 23.2 Å². The molecule has 1 amide bonds. The molecular weight excluding hydrogens is 391 g/mol. The molecule has 0 radical (unpaired) electrons. The third-order valence-corrected chi connectivity index (χ3v) is 4.29. The Bertz CT molecular complexity index is 476. The normalized spacial score (nSPS) is 15.3. The van der Waals surface area contributed by atoms with E-state index in [9.17, 15) is 4.79 Å². The van der Waals surface area contributed by atoms with Gasteiger partial charge in [0.05, 0.1) is 12.1 Å². The van der Waals surface area contributed by atoms with Crippen LogP contribution >= 0.6 is 34.2 Å². The number of halogens is 2. The van der Waals surface area contributed by atoms with Crippen molar-refractivity contribution in [3.8, 4) is 5.75 Å².